The molecule has 58 valence electrons. The predicted molar refractivity (Wildman–Crippen MR) is 29.3 cm³/mol. The Balaban J connectivity index is 0. The second-order valence-electron chi connectivity index (χ2n) is 0.786. The minimum absolute atomic E-state index is 0.907. The Kier molecular flexibility index (Phi) is 17.1. The Bertz CT molecular complexity index is 130. The fourth-order valence-corrected chi connectivity index (χ4v) is 0.210. The molecule has 0 amide bonds. The zero-order valence-electron chi connectivity index (χ0n) is 4.81. The summed E-state index contributed by atoms with van der Waals surface area (Å²) in [6.45, 7) is 0. The number of nitrogens with zero attached hydrogens (tertiary/aromatic N) is 1. The van der Waals surface area contributed by atoms with E-state index in [1.165, 1.54) is 0 Å². The molecule has 2 N–H and O–H groups in total. The zero-order chi connectivity index (χ0) is 8.41. The van der Waals surface area contributed by atoms with Gasteiger partial charge in [0.15, 0.2) is 0 Å². The van der Waals surface area contributed by atoms with Gasteiger partial charge in [-0.3, -0.25) is 0 Å². The molecule has 0 spiro atoms. The molecule has 1 aromatic rings. The zero-order valence-corrected chi connectivity index (χ0v) is 10.7. The topological polar surface area (TPSA) is 117 Å². The van der Waals surface area contributed by atoms with Gasteiger partial charge in [0.05, 0.1) is 0 Å². The van der Waals surface area contributed by atoms with Crippen LogP contribution in [0.15, 0.2) is 0 Å². The molecule has 0 aliphatic heterocycles. The first-order chi connectivity index (χ1) is 4.72. The van der Waals surface area contributed by atoms with Crippen molar-refractivity contribution in [1.29, 1.82) is 0 Å². The van der Waals surface area contributed by atoms with Gasteiger partial charge in [-0.25, -0.2) is 0 Å². The summed E-state index contributed by atoms with van der Waals surface area (Å²) in [5, 5.41) is 5.51. The van der Waals surface area contributed by atoms with Crippen molar-refractivity contribution in [2.24, 2.45) is 0 Å². The van der Waals surface area contributed by atoms with Gasteiger partial charge in [0, 0.05) is 0 Å². The average molecular weight is 313 g/mol. The molecule has 0 aliphatic rings. The predicted octanol–water partition coefficient (Wildman–Crippen LogP) is -2.51. The number of hydrogen-bond donors (Lipinski definition) is 2. The molecule has 1 heterocycles. The van der Waals surface area contributed by atoms with Crippen molar-refractivity contribution >= 4 is 17.4 Å². The van der Waals surface area contributed by atoms with E-state index in [1.54, 1.807) is 0 Å². The van der Waals surface area contributed by atoms with Crippen molar-refractivity contribution < 1.29 is 53.0 Å². The van der Waals surface area contributed by atoms with Gasteiger partial charge in [-0.1, -0.05) is 0 Å². The molecule has 1 aromatic heterocycles. The summed E-state index contributed by atoms with van der Waals surface area (Å²) < 4.78 is 18.8. The number of hydrogen-bond acceptors (Lipinski definition) is 4. The molecular weight excluding hydrogens is 307 g/mol. The first-order valence-electron chi connectivity index (χ1n) is 1.90. The molecule has 0 radical (unpaired) electrons. The number of rotatable bonds is 0. The number of aromatic amines is 2. The van der Waals surface area contributed by atoms with Crippen LogP contribution in [0.25, 0.3) is 0 Å². The first-order valence-corrected chi connectivity index (χ1v) is 5.41. The van der Waals surface area contributed by atoms with E-state index >= 15 is 0 Å². The Hall–Kier alpha value is 0.975. The molecule has 0 bridgehead atoms. The molecule has 2 atom stereocenters. The Morgan fingerprint density at radius 3 is 1.30 bits per heavy atom. The molecule has 10 heavy (non-hydrogen) atoms. The van der Waals surface area contributed by atoms with Gasteiger partial charge >= 0.3 is 46.1 Å². The third-order valence-corrected chi connectivity index (χ3v) is 1.05. The SMILES string of the molecule is O=[PH2][O-].O=[PH2][O-].[La+2][n]1[nH][nH]1. The maximum atomic E-state index is 8.46. The molecule has 0 aliphatic carbocycles. The van der Waals surface area contributed by atoms with E-state index in [1.807, 2.05) is 1.56 Å². The van der Waals surface area contributed by atoms with Gasteiger partial charge in [-0.15, -0.1) is 0 Å². The molecular formula is H6LaN3O4P2. The number of nitrogens with one attached hydrogen (secondary N) is 2. The summed E-state index contributed by atoms with van der Waals surface area (Å²) in [7, 11) is -3.50. The summed E-state index contributed by atoms with van der Waals surface area (Å²) in [5.41, 5.74) is 0. The van der Waals surface area contributed by atoms with Gasteiger partial charge < -0.3 is 18.9 Å². The van der Waals surface area contributed by atoms with Crippen molar-refractivity contribution in [3.63, 3.8) is 0 Å². The van der Waals surface area contributed by atoms with Gasteiger partial charge in [-0.05, 0) is 17.4 Å². The van der Waals surface area contributed by atoms with Gasteiger partial charge in [0.1, 0.15) is 0 Å². The molecule has 0 saturated carbocycles. The van der Waals surface area contributed by atoms with E-state index in [0.29, 0.717) is 0 Å². The van der Waals surface area contributed by atoms with Gasteiger partial charge in [0.2, 0.25) is 0 Å². The Morgan fingerprint density at radius 1 is 1.20 bits per heavy atom. The van der Waals surface area contributed by atoms with E-state index in [0.717, 1.165) is 34.1 Å². The Morgan fingerprint density at radius 2 is 1.30 bits per heavy atom. The van der Waals surface area contributed by atoms with Crippen LogP contribution in [0.1, 0.15) is 0 Å². The molecule has 0 aromatic carbocycles. The van der Waals surface area contributed by atoms with Crippen molar-refractivity contribution in [1.82, 2.24) is 12.0 Å². The van der Waals surface area contributed by atoms with Crippen LogP contribution in [0, 0.1) is 34.1 Å². The van der Waals surface area contributed by atoms with Crippen LogP contribution in [-0.2, 0) is 9.13 Å². The summed E-state index contributed by atoms with van der Waals surface area (Å²) in [6, 6.07) is 0. The van der Waals surface area contributed by atoms with E-state index in [2.05, 4.69) is 10.4 Å². The molecule has 10 heteroatoms. The van der Waals surface area contributed by atoms with Crippen LogP contribution in [-0.4, -0.2) is 12.0 Å². The fourth-order valence-electron chi connectivity index (χ4n) is 0.0289. The van der Waals surface area contributed by atoms with Crippen LogP contribution in [0.5, 0.6) is 0 Å². The summed E-state index contributed by atoms with van der Waals surface area (Å²) in [4.78, 5) is 16.9. The van der Waals surface area contributed by atoms with E-state index in [4.69, 9.17) is 18.9 Å². The molecule has 1 rings (SSSR count). The quantitative estimate of drug-likeness (QED) is 0.515. The maximum absolute atomic E-state index is 8.46. The van der Waals surface area contributed by atoms with Crippen LogP contribution in [0.3, 0.4) is 0 Å². The second kappa shape index (κ2) is 12.6. The monoisotopic (exact) mass is 313 g/mol. The van der Waals surface area contributed by atoms with Gasteiger partial charge in [0.25, 0.3) is 0 Å². The van der Waals surface area contributed by atoms with Crippen LogP contribution in [0.2, 0.25) is 0 Å². The van der Waals surface area contributed by atoms with Gasteiger partial charge in [-0.2, -0.15) is 0 Å². The summed E-state index contributed by atoms with van der Waals surface area (Å²) in [5.74, 6) is 0. The number of H-pyrrole nitrogens is 2. The van der Waals surface area contributed by atoms with E-state index < -0.39 is 17.4 Å². The van der Waals surface area contributed by atoms with E-state index in [9.17, 15) is 0 Å². The summed E-state index contributed by atoms with van der Waals surface area (Å²) in [6.07, 6.45) is 0. The van der Waals surface area contributed by atoms with Crippen molar-refractivity contribution in [2.75, 3.05) is 0 Å². The van der Waals surface area contributed by atoms with Crippen LogP contribution in [0.4, 0.5) is 0 Å². The number of aromatic nitrogens is 3. The summed E-state index contributed by atoms with van der Waals surface area (Å²) >= 11 is 0.907. The third-order valence-electron chi connectivity index (χ3n) is 0.241. The van der Waals surface area contributed by atoms with Crippen LogP contribution < -0.4 is 9.79 Å². The standard InChI is InChI=1S/La.H2N3.2H3O2P/c;1-2-3-1;2*1-3-2/h;1-2H;2*3H2,(H,1,2)/q+3;-1;;/p-2. The van der Waals surface area contributed by atoms with Crippen molar-refractivity contribution in [3.8, 4) is 0 Å². The molecule has 2 unspecified atom stereocenters. The van der Waals surface area contributed by atoms with Crippen molar-refractivity contribution in [2.45, 2.75) is 0 Å². The third kappa shape index (κ3) is 36.1. The Labute approximate surface area is 81.9 Å². The first kappa shape index (κ1) is 13.6. The van der Waals surface area contributed by atoms with E-state index in [-0.39, 0.29) is 0 Å². The normalized spacial score (nSPS) is 9.60. The van der Waals surface area contributed by atoms with Crippen molar-refractivity contribution in [3.05, 3.63) is 0 Å². The fraction of sp³-hybridized carbons (Fsp3) is 0. The average Bonchev–Trinajstić information content (AvgIpc) is 2.55. The van der Waals surface area contributed by atoms with Crippen LogP contribution >= 0.6 is 17.4 Å². The molecule has 7 nitrogen and oxygen atoms in total. The molecule has 0 fully saturated rings. The second-order valence-corrected chi connectivity index (χ2v) is 2.79. The molecule has 0 saturated heterocycles. The minimum atomic E-state index is -1.75.